The van der Waals surface area contributed by atoms with Gasteiger partial charge < -0.3 is 15.8 Å². The topological polar surface area (TPSA) is 77.2 Å². The summed E-state index contributed by atoms with van der Waals surface area (Å²) in [5, 5.41) is 5.50. The Labute approximate surface area is 111 Å². The van der Waals surface area contributed by atoms with E-state index in [9.17, 15) is 4.79 Å². The summed E-state index contributed by atoms with van der Waals surface area (Å²) < 4.78 is 5.34. The van der Waals surface area contributed by atoms with Crippen molar-refractivity contribution in [1.82, 2.24) is 10.3 Å². The predicted octanol–water partition coefficient (Wildman–Crippen LogP) is 1.15. The lowest BCUT2D eigenvalue weighted by atomic mass is 9.82. The fraction of sp³-hybridized carbons (Fsp3) is 0.667. The first kappa shape index (κ1) is 13.5. The number of ether oxygens (including phenoxy) is 1. The van der Waals surface area contributed by atoms with Crippen LogP contribution in [0.3, 0.4) is 0 Å². The van der Waals surface area contributed by atoms with Crippen LogP contribution < -0.4 is 11.1 Å². The summed E-state index contributed by atoms with van der Waals surface area (Å²) in [6, 6.07) is 0. The van der Waals surface area contributed by atoms with Gasteiger partial charge in [0.2, 0.25) is 0 Å². The second-order valence-corrected chi connectivity index (χ2v) is 5.88. The molecule has 1 aliphatic rings. The van der Waals surface area contributed by atoms with E-state index in [1.54, 1.807) is 5.38 Å². The lowest BCUT2D eigenvalue weighted by molar-refractivity contribution is 0.0238. The zero-order valence-corrected chi connectivity index (χ0v) is 11.4. The molecule has 0 aromatic carbocycles. The molecule has 0 bridgehead atoms. The third kappa shape index (κ3) is 3.28. The van der Waals surface area contributed by atoms with Gasteiger partial charge in [0.15, 0.2) is 0 Å². The van der Waals surface area contributed by atoms with E-state index in [0.29, 0.717) is 18.8 Å². The standard InChI is InChI=1S/C12H19N3O2S/c1-12(2-4-17-5-3-12)8-14-11(16)9-7-18-10(6-13)15-9/h7H,2-6,8,13H2,1H3,(H,14,16). The molecule has 0 radical (unpaired) electrons. The molecule has 3 N–H and O–H groups in total. The Morgan fingerprint density at radius 3 is 2.94 bits per heavy atom. The molecule has 2 rings (SSSR count). The normalized spacial score (nSPS) is 18.6. The monoisotopic (exact) mass is 269 g/mol. The number of carbonyl (C=O) groups is 1. The van der Waals surface area contributed by atoms with Crippen molar-refractivity contribution in [3.8, 4) is 0 Å². The quantitative estimate of drug-likeness (QED) is 0.859. The molecule has 18 heavy (non-hydrogen) atoms. The Balaban J connectivity index is 1.87. The molecule has 1 saturated heterocycles. The largest absolute Gasteiger partial charge is 0.381 e. The molecule has 0 atom stereocenters. The summed E-state index contributed by atoms with van der Waals surface area (Å²) in [5.74, 6) is -0.112. The second kappa shape index (κ2) is 5.77. The molecular formula is C12H19N3O2S. The molecule has 0 unspecified atom stereocenters. The molecule has 1 aromatic heterocycles. The summed E-state index contributed by atoms with van der Waals surface area (Å²) in [5.41, 5.74) is 6.09. The molecule has 1 fully saturated rings. The maximum absolute atomic E-state index is 11.9. The third-order valence-corrected chi connectivity index (χ3v) is 4.21. The van der Waals surface area contributed by atoms with Crippen molar-refractivity contribution in [2.45, 2.75) is 26.3 Å². The summed E-state index contributed by atoms with van der Waals surface area (Å²) in [7, 11) is 0. The first-order chi connectivity index (χ1) is 8.63. The number of thiazole rings is 1. The molecular weight excluding hydrogens is 250 g/mol. The summed E-state index contributed by atoms with van der Waals surface area (Å²) in [6.07, 6.45) is 1.97. The van der Waals surface area contributed by atoms with E-state index >= 15 is 0 Å². The van der Waals surface area contributed by atoms with Gasteiger partial charge in [0.05, 0.1) is 0 Å². The molecule has 0 spiro atoms. The van der Waals surface area contributed by atoms with Crippen LogP contribution in [0.1, 0.15) is 35.3 Å². The number of amides is 1. The Bertz CT molecular complexity index is 413. The molecule has 1 aromatic rings. The van der Waals surface area contributed by atoms with Crippen LogP contribution in [0, 0.1) is 5.41 Å². The Hall–Kier alpha value is -0.980. The van der Waals surface area contributed by atoms with Crippen LogP contribution in [-0.2, 0) is 11.3 Å². The van der Waals surface area contributed by atoms with E-state index in [4.69, 9.17) is 10.5 Å². The number of nitrogens with one attached hydrogen (secondary N) is 1. The van der Waals surface area contributed by atoms with Crippen LogP contribution in [0.15, 0.2) is 5.38 Å². The van der Waals surface area contributed by atoms with Crippen molar-refractivity contribution in [1.29, 1.82) is 0 Å². The fourth-order valence-electron chi connectivity index (χ4n) is 1.93. The second-order valence-electron chi connectivity index (χ2n) is 4.94. The highest BCUT2D eigenvalue weighted by atomic mass is 32.1. The number of aromatic nitrogens is 1. The number of hydrogen-bond acceptors (Lipinski definition) is 5. The van der Waals surface area contributed by atoms with Gasteiger partial charge >= 0.3 is 0 Å². The Morgan fingerprint density at radius 1 is 1.61 bits per heavy atom. The zero-order valence-electron chi connectivity index (χ0n) is 10.6. The van der Waals surface area contributed by atoms with Gasteiger partial charge in [-0.15, -0.1) is 11.3 Å². The average Bonchev–Trinajstić information content (AvgIpc) is 2.86. The smallest absolute Gasteiger partial charge is 0.270 e. The van der Waals surface area contributed by atoms with Crippen molar-refractivity contribution in [3.63, 3.8) is 0 Å². The summed E-state index contributed by atoms with van der Waals surface area (Å²) in [6.45, 7) is 4.79. The van der Waals surface area contributed by atoms with Gasteiger partial charge in [-0.05, 0) is 18.3 Å². The van der Waals surface area contributed by atoms with Crippen LogP contribution in [0.5, 0.6) is 0 Å². The molecule has 6 heteroatoms. The van der Waals surface area contributed by atoms with Crippen molar-refractivity contribution < 1.29 is 9.53 Å². The van der Waals surface area contributed by atoms with Gasteiger partial charge in [-0.2, -0.15) is 0 Å². The molecule has 2 heterocycles. The Morgan fingerprint density at radius 2 is 2.33 bits per heavy atom. The van der Waals surface area contributed by atoms with E-state index in [0.717, 1.165) is 31.1 Å². The maximum Gasteiger partial charge on any atom is 0.270 e. The first-order valence-electron chi connectivity index (χ1n) is 6.13. The molecule has 1 amide bonds. The van der Waals surface area contributed by atoms with Crippen LogP contribution in [0.4, 0.5) is 0 Å². The summed E-state index contributed by atoms with van der Waals surface area (Å²) >= 11 is 1.42. The molecule has 0 aliphatic carbocycles. The summed E-state index contributed by atoms with van der Waals surface area (Å²) in [4.78, 5) is 16.1. The predicted molar refractivity (Wildman–Crippen MR) is 70.5 cm³/mol. The van der Waals surface area contributed by atoms with Gasteiger partial charge in [-0.3, -0.25) is 4.79 Å². The molecule has 100 valence electrons. The minimum atomic E-state index is -0.112. The number of nitrogens with zero attached hydrogens (tertiary/aromatic N) is 1. The van der Waals surface area contributed by atoms with Crippen LogP contribution in [-0.4, -0.2) is 30.6 Å². The van der Waals surface area contributed by atoms with Gasteiger partial charge in [-0.1, -0.05) is 6.92 Å². The number of carbonyl (C=O) groups excluding carboxylic acids is 1. The minimum Gasteiger partial charge on any atom is -0.381 e. The third-order valence-electron chi connectivity index (χ3n) is 3.33. The van der Waals surface area contributed by atoms with Crippen LogP contribution >= 0.6 is 11.3 Å². The van der Waals surface area contributed by atoms with E-state index in [-0.39, 0.29) is 11.3 Å². The lowest BCUT2D eigenvalue weighted by Crippen LogP contribution is -2.39. The highest BCUT2D eigenvalue weighted by Crippen LogP contribution is 2.28. The van der Waals surface area contributed by atoms with E-state index in [1.807, 2.05) is 0 Å². The number of hydrogen-bond donors (Lipinski definition) is 2. The molecule has 0 saturated carbocycles. The first-order valence-corrected chi connectivity index (χ1v) is 7.01. The van der Waals surface area contributed by atoms with Crippen LogP contribution in [0.2, 0.25) is 0 Å². The maximum atomic E-state index is 11.9. The van der Waals surface area contributed by atoms with Crippen molar-refractivity contribution >= 4 is 17.2 Å². The van der Waals surface area contributed by atoms with Gasteiger partial charge in [0.1, 0.15) is 10.7 Å². The average molecular weight is 269 g/mol. The van der Waals surface area contributed by atoms with Crippen LogP contribution in [0.25, 0.3) is 0 Å². The van der Waals surface area contributed by atoms with Crippen molar-refractivity contribution in [3.05, 3.63) is 16.1 Å². The zero-order chi connectivity index (χ0) is 13.0. The van der Waals surface area contributed by atoms with Gasteiger partial charge in [-0.25, -0.2) is 4.98 Å². The van der Waals surface area contributed by atoms with Gasteiger partial charge in [0, 0.05) is 31.7 Å². The van der Waals surface area contributed by atoms with E-state index in [2.05, 4.69) is 17.2 Å². The highest BCUT2D eigenvalue weighted by Gasteiger charge is 2.28. The van der Waals surface area contributed by atoms with Gasteiger partial charge in [0.25, 0.3) is 5.91 Å². The SMILES string of the molecule is CC1(CNC(=O)c2csc(CN)n2)CCOCC1. The number of nitrogens with two attached hydrogens (primary N) is 1. The van der Waals surface area contributed by atoms with Crippen molar-refractivity contribution in [2.24, 2.45) is 11.1 Å². The Kier molecular flexibility index (Phi) is 4.31. The van der Waals surface area contributed by atoms with E-state index in [1.165, 1.54) is 11.3 Å². The molecule has 5 nitrogen and oxygen atoms in total. The highest BCUT2D eigenvalue weighted by molar-refractivity contribution is 7.09. The minimum absolute atomic E-state index is 0.112. The fourth-order valence-corrected chi connectivity index (χ4v) is 2.59. The number of rotatable bonds is 4. The molecule has 1 aliphatic heterocycles. The van der Waals surface area contributed by atoms with Crippen molar-refractivity contribution in [2.75, 3.05) is 19.8 Å². The lowest BCUT2D eigenvalue weighted by Gasteiger charge is -2.33. The van der Waals surface area contributed by atoms with E-state index < -0.39 is 0 Å².